The molecule has 6 heteroatoms. The maximum atomic E-state index is 12.8. The van der Waals surface area contributed by atoms with Crippen molar-refractivity contribution in [3.8, 4) is 11.3 Å². The van der Waals surface area contributed by atoms with E-state index in [1.54, 1.807) is 18.2 Å². The third-order valence-electron chi connectivity index (χ3n) is 4.87. The summed E-state index contributed by atoms with van der Waals surface area (Å²) < 4.78 is 1.38. The first kappa shape index (κ1) is 19.9. The van der Waals surface area contributed by atoms with E-state index in [4.69, 9.17) is 11.6 Å². The van der Waals surface area contributed by atoms with Crippen LogP contribution in [0.2, 0.25) is 5.02 Å². The van der Waals surface area contributed by atoms with Gasteiger partial charge in [-0.2, -0.15) is 4.98 Å². The average Bonchev–Trinajstić information content (AvgIpc) is 2.77. The van der Waals surface area contributed by atoms with Crippen LogP contribution in [0.15, 0.2) is 83.7 Å². The molecule has 1 N–H and O–H groups in total. The number of hydrogen-bond acceptors (Lipinski definition) is 3. The molecule has 0 aliphatic heterocycles. The molecule has 0 saturated carbocycles. The van der Waals surface area contributed by atoms with Crippen LogP contribution in [0.25, 0.3) is 22.2 Å². The molecule has 1 amide bonds. The molecule has 0 saturated heterocycles. The van der Waals surface area contributed by atoms with Crippen LogP contribution in [0, 0.1) is 0 Å². The number of carbonyl (C=O) groups is 1. The minimum Gasteiger partial charge on any atom is -0.354 e. The van der Waals surface area contributed by atoms with Crippen molar-refractivity contribution in [3.05, 3.63) is 99.9 Å². The quantitative estimate of drug-likeness (QED) is 0.514. The van der Waals surface area contributed by atoms with Gasteiger partial charge in [-0.1, -0.05) is 72.3 Å². The average molecular weight is 418 g/mol. The predicted octanol–water partition coefficient (Wildman–Crippen LogP) is 4.08. The summed E-state index contributed by atoms with van der Waals surface area (Å²) in [7, 11) is 0. The van der Waals surface area contributed by atoms with E-state index >= 15 is 0 Å². The maximum Gasteiger partial charge on any atom is 0.349 e. The molecular formula is C24H20ClN3O2. The lowest BCUT2D eigenvalue weighted by molar-refractivity contribution is -0.121. The molecule has 4 aromatic rings. The molecule has 5 nitrogen and oxygen atoms in total. The number of amides is 1. The van der Waals surface area contributed by atoms with Gasteiger partial charge in [0.1, 0.15) is 6.54 Å². The number of hydrogen-bond donors (Lipinski definition) is 1. The highest BCUT2D eigenvalue weighted by atomic mass is 35.5. The minimum atomic E-state index is -0.470. The molecule has 0 bridgehead atoms. The largest absolute Gasteiger partial charge is 0.354 e. The van der Waals surface area contributed by atoms with E-state index in [2.05, 4.69) is 10.3 Å². The molecular weight excluding hydrogens is 398 g/mol. The summed E-state index contributed by atoms with van der Waals surface area (Å²) in [6.45, 7) is 0.394. The van der Waals surface area contributed by atoms with Gasteiger partial charge in [-0.3, -0.25) is 9.36 Å². The van der Waals surface area contributed by atoms with Gasteiger partial charge < -0.3 is 5.32 Å². The Bertz CT molecular complexity index is 1240. The van der Waals surface area contributed by atoms with Crippen molar-refractivity contribution in [2.75, 3.05) is 6.54 Å². The summed E-state index contributed by atoms with van der Waals surface area (Å²) in [5.74, 6) is -0.237. The SMILES string of the molecule is O=C(Cn1c(=O)nc(-c2ccccc2)c2cc(Cl)ccc21)NCCc1ccccc1. The highest BCUT2D eigenvalue weighted by molar-refractivity contribution is 6.31. The van der Waals surface area contributed by atoms with Crippen LogP contribution in [0.5, 0.6) is 0 Å². The van der Waals surface area contributed by atoms with E-state index in [-0.39, 0.29) is 12.5 Å². The summed E-state index contributed by atoms with van der Waals surface area (Å²) in [6.07, 6.45) is 0.725. The Morgan fingerprint density at radius 3 is 2.40 bits per heavy atom. The smallest absolute Gasteiger partial charge is 0.349 e. The van der Waals surface area contributed by atoms with Crippen molar-refractivity contribution in [3.63, 3.8) is 0 Å². The fourth-order valence-electron chi connectivity index (χ4n) is 3.41. The number of benzene rings is 3. The number of fused-ring (bicyclic) bond motifs is 1. The van der Waals surface area contributed by atoms with E-state index in [0.717, 1.165) is 22.9 Å². The zero-order valence-electron chi connectivity index (χ0n) is 16.2. The third-order valence-corrected chi connectivity index (χ3v) is 5.11. The molecule has 3 aromatic carbocycles. The van der Waals surface area contributed by atoms with Gasteiger partial charge >= 0.3 is 5.69 Å². The summed E-state index contributed by atoms with van der Waals surface area (Å²) in [5.41, 5.74) is 2.67. The second kappa shape index (κ2) is 8.93. The predicted molar refractivity (Wildman–Crippen MR) is 120 cm³/mol. The van der Waals surface area contributed by atoms with Crippen LogP contribution in [0.1, 0.15) is 5.56 Å². The van der Waals surface area contributed by atoms with Gasteiger partial charge in [0, 0.05) is 22.5 Å². The zero-order valence-corrected chi connectivity index (χ0v) is 17.0. The zero-order chi connectivity index (χ0) is 20.9. The van der Waals surface area contributed by atoms with Crippen LogP contribution in [-0.2, 0) is 17.8 Å². The summed E-state index contributed by atoms with van der Waals surface area (Å²) in [6, 6.07) is 24.6. The monoisotopic (exact) mass is 417 g/mol. The van der Waals surface area contributed by atoms with Gasteiger partial charge in [0.2, 0.25) is 5.91 Å². The number of aromatic nitrogens is 2. The summed E-state index contributed by atoms with van der Waals surface area (Å²) in [4.78, 5) is 29.5. The van der Waals surface area contributed by atoms with Gasteiger partial charge in [0.25, 0.3) is 0 Å². The summed E-state index contributed by atoms with van der Waals surface area (Å²) in [5, 5.41) is 4.14. The lowest BCUT2D eigenvalue weighted by atomic mass is 10.1. The van der Waals surface area contributed by atoms with Gasteiger partial charge in [0.15, 0.2) is 0 Å². The molecule has 0 atom stereocenters. The van der Waals surface area contributed by atoms with Crippen LogP contribution in [0.3, 0.4) is 0 Å². The van der Waals surface area contributed by atoms with E-state index < -0.39 is 5.69 Å². The number of nitrogens with one attached hydrogen (secondary N) is 1. The second-order valence-electron chi connectivity index (χ2n) is 6.94. The summed E-state index contributed by atoms with van der Waals surface area (Å²) >= 11 is 6.21. The number of carbonyl (C=O) groups excluding carboxylic acids is 1. The molecule has 0 aliphatic rings. The Balaban J connectivity index is 1.61. The van der Waals surface area contributed by atoms with Crippen LogP contribution in [0.4, 0.5) is 0 Å². The molecule has 0 unspecified atom stereocenters. The number of rotatable bonds is 6. The Hall–Kier alpha value is -3.44. The molecule has 150 valence electrons. The molecule has 0 radical (unpaired) electrons. The molecule has 0 spiro atoms. The van der Waals surface area contributed by atoms with Crippen molar-refractivity contribution >= 4 is 28.4 Å². The molecule has 1 heterocycles. The van der Waals surface area contributed by atoms with Gasteiger partial charge in [0.05, 0.1) is 11.2 Å². The van der Waals surface area contributed by atoms with Gasteiger partial charge in [-0.25, -0.2) is 4.79 Å². The topological polar surface area (TPSA) is 64.0 Å². The Labute approximate surface area is 179 Å². The Morgan fingerprint density at radius 2 is 1.67 bits per heavy atom. The fraction of sp³-hybridized carbons (Fsp3) is 0.125. The molecule has 30 heavy (non-hydrogen) atoms. The van der Waals surface area contributed by atoms with Crippen LogP contribution in [-0.4, -0.2) is 22.0 Å². The second-order valence-corrected chi connectivity index (χ2v) is 7.38. The van der Waals surface area contributed by atoms with Crippen molar-refractivity contribution in [2.24, 2.45) is 0 Å². The minimum absolute atomic E-state index is 0.103. The van der Waals surface area contributed by atoms with Gasteiger partial charge in [-0.15, -0.1) is 0 Å². The van der Waals surface area contributed by atoms with E-state index in [0.29, 0.717) is 22.8 Å². The van der Waals surface area contributed by atoms with Crippen LogP contribution < -0.4 is 11.0 Å². The van der Waals surface area contributed by atoms with Crippen molar-refractivity contribution in [1.29, 1.82) is 0 Å². The maximum absolute atomic E-state index is 12.8. The Kier molecular flexibility index (Phi) is 5.91. The fourth-order valence-corrected chi connectivity index (χ4v) is 3.58. The first-order chi connectivity index (χ1) is 14.6. The molecule has 4 rings (SSSR count). The first-order valence-corrected chi connectivity index (χ1v) is 10.1. The Morgan fingerprint density at radius 1 is 0.967 bits per heavy atom. The molecule has 0 fully saturated rings. The van der Waals surface area contributed by atoms with Crippen LogP contribution >= 0.6 is 11.6 Å². The lowest BCUT2D eigenvalue weighted by Gasteiger charge is -2.13. The van der Waals surface area contributed by atoms with E-state index in [1.165, 1.54) is 4.57 Å². The van der Waals surface area contributed by atoms with Crippen molar-refractivity contribution < 1.29 is 4.79 Å². The highest BCUT2D eigenvalue weighted by Gasteiger charge is 2.14. The lowest BCUT2D eigenvalue weighted by Crippen LogP contribution is -2.34. The third kappa shape index (κ3) is 4.42. The highest BCUT2D eigenvalue weighted by Crippen LogP contribution is 2.27. The molecule has 0 aliphatic carbocycles. The van der Waals surface area contributed by atoms with E-state index in [1.807, 2.05) is 60.7 Å². The number of halogens is 1. The number of nitrogens with zero attached hydrogens (tertiary/aromatic N) is 2. The first-order valence-electron chi connectivity index (χ1n) is 9.68. The van der Waals surface area contributed by atoms with Gasteiger partial charge in [-0.05, 0) is 30.2 Å². The van der Waals surface area contributed by atoms with Crippen molar-refractivity contribution in [1.82, 2.24) is 14.9 Å². The van der Waals surface area contributed by atoms with E-state index in [9.17, 15) is 9.59 Å². The van der Waals surface area contributed by atoms with Crippen molar-refractivity contribution in [2.45, 2.75) is 13.0 Å². The molecule has 1 aromatic heterocycles. The standard InChI is InChI=1S/C24H20ClN3O2/c25-19-11-12-21-20(15-19)23(18-9-5-2-6-10-18)27-24(30)28(21)16-22(29)26-14-13-17-7-3-1-4-8-17/h1-12,15H,13-14,16H2,(H,26,29). The normalized spacial score (nSPS) is 10.8.